The van der Waals surface area contributed by atoms with Crippen LogP contribution in [0.5, 0.6) is 0 Å². The van der Waals surface area contributed by atoms with E-state index in [2.05, 4.69) is 0 Å². The fourth-order valence-corrected chi connectivity index (χ4v) is 3.64. The van der Waals surface area contributed by atoms with Crippen molar-refractivity contribution < 1.29 is 14.7 Å². The van der Waals surface area contributed by atoms with E-state index in [1.807, 2.05) is 31.2 Å². The van der Waals surface area contributed by atoms with Crippen LogP contribution in [0.3, 0.4) is 0 Å². The van der Waals surface area contributed by atoms with Gasteiger partial charge >= 0.3 is 11.7 Å². The molecule has 1 atom stereocenters. The predicted octanol–water partition coefficient (Wildman–Crippen LogP) is 1.93. The van der Waals surface area contributed by atoms with Crippen LogP contribution < -0.4 is 5.69 Å². The number of imidazole rings is 1. The number of carboxylic acids is 1. The Balaban J connectivity index is 1.76. The van der Waals surface area contributed by atoms with Crippen molar-refractivity contribution in [3.8, 4) is 0 Å². The van der Waals surface area contributed by atoms with Gasteiger partial charge in [0.15, 0.2) is 0 Å². The fourth-order valence-electron chi connectivity index (χ4n) is 3.64. The number of carbonyl (C=O) groups excluding carboxylic acids is 1. The largest absolute Gasteiger partial charge is 0.481 e. The maximum Gasteiger partial charge on any atom is 0.329 e. The van der Waals surface area contributed by atoms with Crippen molar-refractivity contribution in [1.29, 1.82) is 0 Å². The van der Waals surface area contributed by atoms with E-state index in [1.165, 1.54) is 0 Å². The molecule has 1 saturated heterocycles. The van der Waals surface area contributed by atoms with Gasteiger partial charge in [-0.05, 0) is 31.9 Å². The molecule has 1 aromatic heterocycles. The maximum absolute atomic E-state index is 12.7. The van der Waals surface area contributed by atoms with E-state index in [-0.39, 0.29) is 24.6 Å². The lowest BCUT2D eigenvalue weighted by molar-refractivity contribution is -0.147. The summed E-state index contributed by atoms with van der Waals surface area (Å²) in [5.41, 5.74) is 0.739. The van der Waals surface area contributed by atoms with Crippen LogP contribution in [-0.2, 0) is 22.7 Å². The molecule has 3 rings (SSSR count). The zero-order valence-electron chi connectivity index (χ0n) is 15.3. The van der Waals surface area contributed by atoms with Gasteiger partial charge in [-0.2, -0.15) is 0 Å². The number of fused-ring (bicyclic) bond motifs is 1. The van der Waals surface area contributed by atoms with Crippen molar-refractivity contribution in [1.82, 2.24) is 14.0 Å². The average molecular weight is 359 g/mol. The number of benzene rings is 1. The number of hydrogen-bond donors (Lipinski definition) is 1. The van der Waals surface area contributed by atoms with Gasteiger partial charge in [-0.1, -0.05) is 19.1 Å². The van der Waals surface area contributed by atoms with Gasteiger partial charge in [-0.25, -0.2) is 4.79 Å². The molecule has 1 amide bonds. The molecule has 7 nitrogen and oxygen atoms in total. The summed E-state index contributed by atoms with van der Waals surface area (Å²) < 4.78 is 3.40. The summed E-state index contributed by atoms with van der Waals surface area (Å²) in [5, 5.41) is 9.30. The molecule has 140 valence electrons. The van der Waals surface area contributed by atoms with Gasteiger partial charge < -0.3 is 10.0 Å². The second kappa shape index (κ2) is 6.97. The summed E-state index contributed by atoms with van der Waals surface area (Å²) >= 11 is 0. The minimum absolute atomic E-state index is 0.0994. The number of hydrogen-bond acceptors (Lipinski definition) is 3. The first-order valence-corrected chi connectivity index (χ1v) is 9.06. The van der Waals surface area contributed by atoms with Crippen LogP contribution >= 0.6 is 0 Å². The summed E-state index contributed by atoms with van der Waals surface area (Å²) in [6.45, 7) is 5.32. The molecule has 1 aromatic carbocycles. The third-order valence-electron chi connectivity index (χ3n) is 5.26. The number of carbonyl (C=O) groups is 2. The van der Waals surface area contributed by atoms with E-state index in [0.29, 0.717) is 26.1 Å². The topological polar surface area (TPSA) is 84.5 Å². The highest BCUT2D eigenvalue weighted by Crippen LogP contribution is 2.30. The van der Waals surface area contributed by atoms with Crippen molar-refractivity contribution in [3.63, 3.8) is 0 Å². The Morgan fingerprint density at radius 2 is 1.77 bits per heavy atom. The molecule has 0 unspecified atom stereocenters. The van der Waals surface area contributed by atoms with Gasteiger partial charge in [-0.3, -0.25) is 18.7 Å². The first-order valence-electron chi connectivity index (χ1n) is 9.06. The number of aryl methyl sites for hydroxylation is 2. The molecule has 1 N–H and O–H groups in total. The molecule has 7 heteroatoms. The van der Waals surface area contributed by atoms with E-state index < -0.39 is 11.4 Å². The Morgan fingerprint density at radius 1 is 1.15 bits per heavy atom. The lowest BCUT2D eigenvalue weighted by atomic mass is 9.90. The lowest BCUT2D eigenvalue weighted by Gasteiger charge is -2.20. The molecule has 1 aliphatic rings. The molecular formula is C19H25N3O4. The molecule has 26 heavy (non-hydrogen) atoms. The van der Waals surface area contributed by atoms with Gasteiger partial charge in [0.25, 0.3) is 0 Å². The van der Waals surface area contributed by atoms with Crippen molar-refractivity contribution in [3.05, 3.63) is 34.7 Å². The quantitative estimate of drug-likeness (QED) is 0.854. The predicted molar refractivity (Wildman–Crippen MR) is 98.0 cm³/mol. The zero-order chi connectivity index (χ0) is 18.9. The minimum atomic E-state index is -0.871. The first kappa shape index (κ1) is 18.2. The Bertz CT molecular complexity index is 898. The highest BCUT2D eigenvalue weighted by molar-refractivity contribution is 5.81. The van der Waals surface area contributed by atoms with Crippen molar-refractivity contribution in [2.45, 2.75) is 46.2 Å². The van der Waals surface area contributed by atoms with E-state index in [0.717, 1.165) is 17.5 Å². The standard InChI is InChI=1S/C19H25N3O4/c1-3-10-21-14-6-4-5-7-15(14)22(18(21)26)11-8-16(23)20-12-9-19(2,13-20)17(24)25/h4-7H,3,8-13H2,1-2H3,(H,24,25)/t19-/m1/s1. The molecule has 0 bridgehead atoms. The van der Waals surface area contributed by atoms with Crippen LogP contribution in [0.2, 0.25) is 0 Å². The van der Waals surface area contributed by atoms with Crippen LogP contribution in [0.25, 0.3) is 11.0 Å². The number of aliphatic carboxylic acids is 1. The summed E-state index contributed by atoms with van der Waals surface area (Å²) in [7, 11) is 0. The van der Waals surface area contributed by atoms with E-state index in [4.69, 9.17) is 0 Å². The number of rotatable bonds is 6. The van der Waals surface area contributed by atoms with Crippen LogP contribution in [0, 0.1) is 5.41 Å². The minimum Gasteiger partial charge on any atom is -0.481 e. The summed E-state index contributed by atoms with van der Waals surface area (Å²) in [6.07, 6.45) is 1.51. The Hall–Kier alpha value is -2.57. The Kier molecular flexibility index (Phi) is 4.89. The van der Waals surface area contributed by atoms with Gasteiger partial charge in [0.05, 0.1) is 16.4 Å². The second-order valence-corrected chi connectivity index (χ2v) is 7.26. The number of carboxylic acid groups (broad SMARTS) is 1. The monoisotopic (exact) mass is 359 g/mol. The molecule has 0 aliphatic carbocycles. The molecule has 0 saturated carbocycles. The van der Waals surface area contributed by atoms with Crippen molar-refractivity contribution in [2.24, 2.45) is 5.41 Å². The van der Waals surface area contributed by atoms with E-state index in [9.17, 15) is 19.5 Å². The third kappa shape index (κ3) is 3.13. The second-order valence-electron chi connectivity index (χ2n) is 7.26. The summed E-state index contributed by atoms with van der Waals surface area (Å²) in [6, 6.07) is 7.60. The smallest absolute Gasteiger partial charge is 0.329 e. The van der Waals surface area contributed by atoms with E-state index >= 15 is 0 Å². The molecule has 1 aliphatic heterocycles. The van der Waals surface area contributed by atoms with Crippen molar-refractivity contribution >= 4 is 22.9 Å². The normalized spacial score (nSPS) is 20.0. The molecule has 2 aromatic rings. The molecule has 2 heterocycles. The Labute approximate surface area is 151 Å². The number of likely N-dealkylation sites (tertiary alicyclic amines) is 1. The van der Waals surface area contributed by atoms with Crippen LogP contribution in [0.15, 0.2) is 29.1 Å². The van der Waals surface area contributed by atoms with Crippen molar-refractivity contribution in [2.75, 3.05) is 13.1 Å². The molecule has 1 fully saturated rings. The van der Waals surface area contributed by atoms with Gasteiger partial charge in [0.2, 0.25) is 5.91 Å². The third-order valence-corrected chi connectivity index (χ3v) is 5.26. The number of amides is 1. The highest BCUT2D eigenvalue weighted by Gasteiger charge is 2.41. The summed E-state index contributed by atoms with van der Waals surface area (Å²) in [5.74, 6) is -0.971. The van der Waals surface area contributed by atoms with E-state index in [1.54, 1.807) is 21.0 Å². The van der Waals surface area contributed by atoms with Crippen LogP contribution in [0.1, 0.15) is 33.1 Å². The number of aromatic nitrogens is 2. The average Bonchev–Trinajstić information content (AvgIpc) is 3.14. The van der Waals surface area contributed by atoms with Gasteiger partial charge in [0, 0.05) is 32.6 Å². The zero-order valence-corrected chi connectivity index (χ0v) is 15.3. The highest BCUT2D eigenvalue weighted by atomic mass is 16.4. The number of nitrogens with zero attached hydrogens (tertiary/aromatic N) is 3. The maximum atomic E-state index is 12.7. The Morgan fingerprint density at radius 3 is 2.31 bits per heavy atom. The van der Waals surface area contributed by atoms with Crippen LogP contribution in [-0.4, -0.2) is 44.1 Å². The van der Waals surface area contributed by atoms with Gasteiger partial charge in [0.1, 0.15) is 0 Å². The molecule has 0 spiro atoms. The number of para-hydroxylation sites is 2. The van der Waals surface area contributed by atoms with Crippen LogP contribution in [0.4, 0.5) is 0 Å². The molecular weight excluding hydrogens is 334 g/mol. The SMILES string of the molecule is CCCn1c(=O)n(CCC(=O)N2CC[C@@](C)(C(=O)O)C2)c2ccccc21. The molecule has 0 radical (unpaired) electrons. The van der Waals surface area contributed by atoms with Gasteiger partial charge in [-0.15, -0.1) is 0 Å². The lowest BCUT2D eigenvalue weighted by Crippen LogP contribution is -2.35. The fraction of sp³-hybridized carbons (Fsp3) is 0.526. The summed E-state index contributed by atoms with van der Waals surface area (Å²) in [4.78, 5) is 38.2. The first-order chi connectivity index (χ1) is 12.4.